The number of furan rings is 1. The second kappa shape index (κ2) is 15.6. The van der Waals surface area contributed by atoms with Crippen molar-refractivity contribution in [1.82, 2.24) is 4.98 Å². The van der Waals surface area contributed by atoms with Gasteiger partial charge in [0.2, 0.25) is 0 Å². The number of hydrogen-bond donors (Lipinski definition) is 1. The van der Waals surface area contributed by atoms with Crippen LogP contribution in [0.3, 0.4) is 0 Å². The number of allylic oxidation sites excluding steroid dienone is 2. The topological polar surface area (TPSA) is 63.3 Å². The Morgan fingerprint density at radius 3 is 2.23 bits per heavy atom. The average Bonchev–Trinajstić information content (AvgIpc) is 3.30. The SMILES string of the molecule is CC(C)CC(=O)/C=C(\O)CC(C)C.CC(C)Cc1ccc2c(-c3[c-]c(C(C)C)cc4c3oc3ccccc34)nccc2c1.[Ir]. The number of ketones is 1. The summed E-state index contributed by atoms with van der Waals surface area (Å²) in [6, 6.07) is 22.9. The maximum absolute atomic E-state index is 11.2. The Balaban J connectivity index is 0.000000324. The first-order chi connectivity index (χ1) is 20.4. The number of pyridine rings is 1. The molecule has 0 bridgehead atoms. The van der Waals surface area contributed by atoms with Crippen molar-refractivity contribution in [3.8, 4) is 11.3 Å². The van der Waals surface area contributed by atoms with Crippen molar-refractivity contribution in [2.75, 3.05) is 0 Å². The number of aliphatic hydroxyl groups excluding tert-OH is 1. The van der Waals surface area contributed by atoms with Gasteiger partial charge in [-0.2, -0.15) is 0 Å². The Labute approximate surface area is 276 Å². The fraction of sp³-hybridized carbons (Fsp3) is 0.385. The fourth-order valence-electron chi connectivity index (χ4n) is 5.41. The number of fused-ring (bicyclic) bond motifs is 4. The van der Waals surface area contributed by atoms with Gasteiger partial charge in [0, 0.05) is 50.6 Å². The molecule has 0 atom stereocenters. The Bertz CT molecular complexity index is 1740. The van der Waals surface area contributed by atoms with Gasteiger partial charge >= 0.3 is 0 Å². The quantitative estimate of drug-likeness (QED) is 0.0921. The molecule has 5 rings (SSSR count). The molecule has 4 nitrogen and oxygen atoms in total. The van der Waals surface area contributed by atoms with Crippen LogP contribution in [0.25, 0.3) is 44.0 Å². The third-order valence-electron chi connectivity index (χ3n) is 7.32. The molecule has 44 heavy (non-hydrogen) atoms. The number of carbonyl (C=O) groups excluding carboxylic acids is 1. The molecule has 3 aromatic carbocycles. The van der Waals surface area contributed by atoms with Crippen molar-refractivity contribution >= 4 is 38.5 Å². The standard InChI is InChI=1S/C28H26NO.C11H20O2.Ir/c1-17(2)13-19-9-10-22-20(14-19)11-12-29-27(22)25-16-21(18(3)4)15-24-23-7-5-6-8-26(23)30-28(24)25;1-8(2)5-10(12)7-11(13)6-9(3)4;/h5-12,14-15,17-18H,13H2,1-4H3;7-9,12H,5-6H2,1-4H3;/q-1;;/b;10-7-;. The Kier molecular flexibility index (Phi) is 12.5. The first-order valence-electron chi connectivity index (χ1n) is 15.6. The first kappa shape index (κ1) is 35.2. The van der Waals surface area contributed by atoms with Crippen LogP contribution in [-0.4, -0.2) is 15.9 Å². The van der Waals surface area contributed by atoms with E-state index in [2.05, 4.69) is 76.2 Å². The van der Waals surface area contributed by atoms with E-state index in [0.717, 1.165) is 45.0 Å². The van der Waals surface area contributed by atoms with Crippen LogP contribution >= 0.6 is 0 Å². The van der Waals surface area contributed by atoms with Crippen LogP contribution in [-0.2, 0) is 31.3 Å². The van der Waals surface area contributed by atoms with Crippen LogP contribution in [0.4, 0.5) is 0 Å². The number of para-hydroxylation sites is 1. The number of aliphatic hydroxyl groups is 1. The van der Waals surface area contributed by atoms with Crippen LogP contribution in [0.1, 0.15) is 85.3 Å². The monoisotopic (exact) mass is 769 g/mol. The normalized spacial score (nSPS) is 12.0. The van der Waals surface area contributed by atoms with Crippen molar-refractivity contribution in [2.45, 2.75) is 80.6 Å². The third kappa shape index (κ3) is 8.89. The van der Waals surface area contributed by atoms with Crippen molar-refractivity contribution in [3.63, 3.8) is 0 Å². The zero-order chi connectivity index (χ0) is 31.3. The summed E-state index contributed by atoms with van der Waals surface area (Å²) in [6.07, 6.45) is 5.45. The zero-order valence-corrected chi connectivity index (χ0v) is 29.7. The van der Waals surface area contributed by atoms with Crippen LogP contribution < -0.4 is 0 Å². The largest absolute Gasteiger partial charge is 0.512 e. The van der Waals surface area contributed by atoms with Gasteiger partial charge in [-0.3, -0.25) is 4.79 Å². The van der Waals surface area contributed by atoms with Gasteiger partial charge in [0.05, 0.1) is 11.3 Å². The van der Waals surface area contributed by atoms with Crippen molar-refractivity contribution < 1.29 is 34.4 Å². The number of nitrogens with zero attached hydrogens (tertiary/aromatic N) is 1. The van der Waals surface area contributed by atoms with Crippen molar-refractivity contribution in [3.05, 3.63) is 89.8 Å². The summed E-state index contributed by atoms with van der Waals surface area (Å²) in [6.45, 7) is 16.9. The molecule has 5 aromatic rings. The molecular formula is C39H46IrNO3-. The van der Waals surface area contributed by atoms with Gasteiger partial charge in [0.15, 0.2) is 5.78 Å². The average molecular weight is 769 g/mol. The van der Waals surface area contributed by atoms with Crippen LogP contribution in [0, 0.1) is 23.8 Å². The van der Waals surface area contributed by atoms with Crippen LogP contribution in [0.2, 0.25) is 0 Å². The molecule has 5 heteroatoms. The van der Waals surface area contributed by atoms with Gasteiger partial charge < -0.3 is 14.5 Å². The van der Waals surface area contributed by atoms with Gasteiger partial charge in [-0.15, -0.1) is 17.7 Å². The molecule has 0 aliphatic heterocycles. The molecule has 1 N–H and O–H groups in total. The summed E-state index contributed by atoms with van der Waals surface area (Å²) >= 11 is 0. The van der Waals surface area contributed by atoms with E-state index in [4.69, 9.17) is 9.40 Å². The summed E-state index contributed by atoms with van der Waals surface area (Å²) < 4.78 is 6.33. The van der Waals surface area contributed by atoms with Crippen molar-refractivity contribution in [1.29, 1.82) is 0 Å². The molecule has 1 radical (unpaired) electrons. The summed E-state index contributed by atoms with van der Waals surface area (Å²) in [4.78, 5) is 16.0. The third-order valence-corrected chi connectivity index (χ3v) is 7.32. The van der Waals surface area contributed by atoms with Gasteiger partial charge in [0.25, 0.3) is 0 Å². The van der Waals surface area contributed by atoms with E-state index in [-0.39, 0.29) is 31.6 Å². The first-order valence-corrected chi connectivity index (χ1v) is 15.6. The van der Waals surface area contributed by atoms with Crippen LogP contribution in [0.15, 0.2) is 77.0 Å². The number of rotatable bonds is 9. The molecule has 0 fully saturated rings. The number of aromatic nitrogens is 1. The molecule has 0 saturated heterocycles. The molecule has 2 heterocycles. The van der Waals surface area contributed by atoms with E-state index >= 15 is 0 Å². The summed E-state index contributed by atoms with van der Waals surface area (Å²) in [5.74, 6) is 1.98. The summed E-state index contributed by atoms with van der Waals surface area (Å²) in [7, 11) is 0. The van der Waals surface area contributed by atoms with Gasteiger partial charge in [-0.05, 0) is 64.3 Å². The van der Waals surface area contributed by atoms with Gasteiger partial charge in [0.1, 0.15) is 5.58 Å². The van der Waals surface area contributed by atoms with E-state index in [9.17, 15) is 9.90 Å². The molecule has 0 unspecified atom stereocenters. The zero-order valence-electron chi connectivity index (χ0n) is 27.3. The van der Waals surface area contributed by atoms with Crippen LogP contribution in [0.5, 0.6) is 0 Å². The Morgan fingerprint density at radius 2 is 1.57 bits per heavy atom. The molecule has 0 aliphatic rings. The van der Waals surface area contributed by atoms with Gasteiger partial charge in [-0.1, -0.05) is 103 Å². The molecule has 2 aromatic heterocycles. The van der Waals surface area contributed by atoms with E-state index < -0.39 is 0 Å². The fourth-order valence-corrected chi connectivity index (χ4v) is 5.41. The van der Waals surface area contributed by atoms with E-state index in [1.165, 1.54) is 22.6 Å². The predicted octanol–water partition coefficient (Wildman–Crippen LogP) is 11.0. The van der Waals surface area contributed by atoms with Crippen molar-refractivity contribution in [2.24, 2.45) is 17.8 Å². The number of benzene rings is 3. The Hall–Kier alpha value is -3.27. The number of hydrogen-bond acceptors (Lipinski definition) is 4. The molecule has 0 aliphatic carbocycles. The molecular weight excluding hydrogens is 723 g/mol. The number of carbonyl (C=O) groups is 1. The minimum Gasteiger partial charge on any atom is -0.512 e. The molecule has 235 valence electrons. The maximum atomic E-state index is 11.2. The smallest absolute Gasteiger partial charge is 0.159 e. The van der Waals surface area contributed by atoms with E-state index in [1.807, 2.05) is 46.0 Å². The minimum absolute atomic E-state index is 0. The summed E-state index contributed by atoms with van der Waals surface area (Å²) in [5.41, 5.74) is 6.21. The molecule has 0 amide bonds. The maximum Gasteiger partial charge on any atom is 0.159 e. The Morgan fingerprint density at radius 1 is 0.864 bits per heavy atom. The second-order valence-corrected chi connectivity index (χ2v) is 13.2. The van der Waals surface area contributed by atoms with E-state index in [0.29, 0.717) is 36.5 Å². The predicted molar refractivity (Wildman–Crippen MR) is 181 cm³/mol. The second-order valence-electron chi connectivity index (χ2n) is 13.2. The van der Waals surface area contributed by atoms with Gasteiger partial charge in [-0.25, -0.2) is 0 Å². The molecule has 0 spiro atoms. The summed E-state index contributed by atoms with van der Waals surface area (Å²) in [5, 5.41) is 14.0. The van der Waals surface area contributed by atoms with E-state index in [1.54, 1.807) is 0 Å². The molecule has 0 saturated carbocycles. The minimum atomic E-state index is 0.